The zero-order valence-electron chi connectivity index (χ0n) is 21.6. The highest BCUT2D eigenvalue weighted by Gasteiger charge is 2.35. The molecule has 0 aliphatic heterocycles. The van der Waals surface area contributed by atoms with Crippen LogP contribution >= 0.6 is 0 Å². The Balaban J connectivity index is 1.95. The fraction of sp³-hybridized carbons (Fsp3) is 0.269. The Kier molecular flexibility index (Phi) is 6.94. The van der Waals surface area contributed by atoms with Gasteiger partial charge in [-0.1, -0.05) is 18.2 Å². The van der Waals surface area contributed by atoms with Crippen molar-refractivity contribution in [1.82, 2.24) is 19.3 Å². The lowest BCUT2D eigenvalue weighted by atomic mass is 10.0. The number of nitrogens with zero attached hydrogens (tertiary/aromatic N) is 5. The summed E-state index contributed by atoms with van der Waals surface area (Å²) in [5, 5.41) is 4.35. The number of benzene rings is 1. The first kappa shape index (κ1) is 27.4. The Morgan fingerprint density at radius 3 is 2.36 bits per heavy atom. The van der Waals surface area contributed by atoms with E-state index in [1.54, 1.807) is 20.8 Å². The van der Waals surface area contributed by atoms with Crippen molar-refractivity contribution in [2.75, 3.05) is 12.0 Å². The molecule has 0 N–H and O–H groups in total. The van der Waals surface area contributed by atoms with Gasteiger partial charge in [0.1, 0.15) is 17.2 Å². The number of esters is 1. The molecule has 0 aliphatic carbocycles. The van der Waals surface area contributed by atoms with E-state index in [1.807, 2.05) is 0 Å². The first-order valence-corrected chi connectivity index (χ1v) is 11.5. The van der Waals surface area contributed by atoms with Crippen LogP contribution in [0, 0.1) is 0 Å². The summed E-state index contributed by atoms with van der Waals surface area (Å²) in [5.41, 5.74) is -2.38. The second-order valence-electron chi connectivity index (χ2n) is 9.45. The summed E-state index contributed by atoms with van der Waals surface area (Å²) < 4.78 is 54.0. The normalized spacial score (nSPS) is 11.9. The van der Waals surface area contributed by atoms with Crippen molar-refractivity contribution in [2.45, 2.75) is 32.5 Å². The summed E-state index contributed by atoms with van der Waals surface area (Å²) in [6.07, 6.45) is -5.23. The summed E-state index contributed by atoms with van der Waals surface area (Å²) in [6, 6.07) is 10.5. The second-order valence-corrected chi connectivity index (χ2v) is 9.45. The number of amides is 1. The number of carbonyl (C=O) groups is 3. The number of aromatic nitrogens is 4. The zero-order valence-corrected chi connectivity index (χ0v) is 21.6. The predicted octanol–water partition coefficient (Wildman–Crippen LogP) is 5.32. The molecule has 0 unspecified atom stereocenters. The van der Waals surface area contributed by atoms with Crippen LogP contribution in [0.1, 0.15) is 36.8 Å². The maximum atomic E-state index is 13.9. The molecule has 0 saturated carbocycles. The molecule has 0 radical (unpaired) electrons. The molecule has 0 fully saturated rings. The molecule has 10 nitrogen and oxygen atoms in total. The number of methoxy groups -OCH3 is 1. The van der Waals surface area contributed by atoms with Crippen LogP contribution in [0.4, 0.5) is 29.6 Å². The van der Waals surface area contributed by atoms with Gasteiger partial charge in [0.15, 0.2) is 11.3 Å². The first-order valence-electron chi connectivity index (χ1n) is 11.5. The molecule has 13 heteroatoms. The van der Waals surface area contributed by atoms with Gasteiger partial charge in [-0.15, -0.1) is 0 Å². The Labute approximate surface area is 220 Å². The number of hydrogen-bond acceptors (Lipinski definition) is 7. The standard InChI is InChI=1S/C26H24F3N5O5/c1-25(2,3)39-24(37)34-19(16-8-6-7-9-17(16)26(27,28)29)12-15-10-11-20(30-22(15)34)33(14-35)21-13-18(23(36)38-5)31-32(21)4/h6-14H,1-5H3. The van der Waals surface area contributed by atoms with Crippen LogP contribution in [0.5, 0.6) is 0 Å². The average molecular weight is 544 g/mol. The Morgan fingerprint density at radius 1 is 1.05 bits per heavy atom. The van der Waals surface area contributed by atoms with Crippen molar-refractivity contribution in [2.24, 2.45) is 7.05 Å². The van der Waals surface area contributed by atoms with Gasteiger partial charge in [0.25, 0.3) is 0 Å². The number of fused-ring (bicyclic) bond motifs is 1. The molecule has 4 rings (SSSR count). The van der Waals surface area contributed by atoms with E-state index in [-0.39, 0.29) is 34.2 Å². The Bertz CT molecular complexity index is 1580. The van der Waals surface area contributed by atoms with Crippen molar-refractivity contribution < 1.29 is 37.0 Å². The van der Waals surface area contributed by atoms with Gasteiger partial charge in [0.2, 0.25) is 6.41 Å². The fourth-order valence-corrected chi connectivity index (χ4v) is 3.96. The third-order valence-electron chi connectivity index (χ3n) is 5.57. The maximum absolute atomic E-state index is 13.9. The van der Waals surface area contributed by atoms with Crippen molar-refractivity contribution in [3.05, 3.63) is 59.8 Å². The lowest BCUT2D eigenvalue weighted by Crippen LogP contribution is -2.28. The monoisotopic (exact) mass is 543 g/mol. The minimum absolute atomic E-state index is 0.00970. The van der Waals surface area contributed by atoms with E-state index >= 15 is 0 Å². The number of halogens is 3. The van der Waals surface area contributed by atoms with Crippen LogP contribution in [0.2, 0.25) is 0 Å². The minimum Gasteiger partial charge on any atom is -0.464 e. The van der Waals surface area contributed by atoms with Crippen LogP contribution < -0.4 is 4.90 Å². The third kappa shape index (κ3) is 5.33. The summed E-state index contributed by atoms with van der Waals surface area (Å²) in [5.74, 6) is -0.566. The highest BCUT2D eigenvalue weighted by atomic mass is 19.4. The van der Waals surface area contributed by atoms with E-state index in [1.165, 1.54) is 61.3 Å². The van der Waals surface area contributed by atoms with Crippen LogP contribution in [0.15, 0.2) is 48.5 Å². The number of aryl methyl sites for hydroxylation is 1. The molecule has 0 saturated heterocycles. The number of anilines is 2. The molecule has 0 bridgehead atoms. The lowest BCUT2D eigenvalue weighted by Gasteiger charge is -2.22. The predicted molar refractivity (Wildman–Crippen MR) is 135 cm³/mol. The largest absolute Gasteiger partial charge is 0.464 e. The highest BCUT2D eigenvalue weighted by molar-refractivity contribution is 5.97. The van der Waals surface area contributed by atoms with Gasteiger partial charge in [0, 0.05) is 24.1 Å². The molecule has 204 valence electrons. The molecule has 39 heavy (non-hydrogen) atoms. The molecular weight excluding hydrogens is 519 g/mol. The molecule has 4 aromatic rings. The smallest absolute Gasteiger partial charge is 0.420 e. The second kappa shape index (κ2) is 9.89. The molecule has 1 amide bonds. The van der Waals surface area contributed by atoms with E-state index in [2.05, 4.69) is 14.8 Å². The van der Waals surface area contributed by atoms with Crippen LogP contribution in [0.25, 0.3) is 22.3 Å². The van der Waals surface area contributed by atoms with E-state index < -0.39 is 29.4 Å². The van der Waals surface area contributed by atoms with E-state index in [4.69, 9.17) is 4.74 Å². The molecule has 3 heterocycles. The number of carbonyl (C=O) groups excluding carboxylic acids is 3. The number of ether oxygens (including phenoxy) is 2. The summed E-state index contributed by atoms with van der Waals surface area (Å²) >= 11 is 0. The maximum Gasteiger partial charge on any atom is 0.420 e. The van der Waals surface area contributed by atoms with E-state index in [0.717, 1.165) is 15.5 Å². The SMILES string of the molecule is COC(=O)c1cc(N(C=O)c2ccc3cc(-c4ccccc4C(F)(F)F)n(C(=O)OC(C)(C)C)c3n2)n(C)n1. The average Bonchev–Trinajstić information content (AvgIpc) is 3.43. The van der Waals surface area contributed by atoms with E-state index in [0.29, 0.717) is 11.8 Å². The lowest BCUT2D eigenvalue weighted by molar-refractivity contribution is -0.137. The molecule has 1 aromatic carbocycles. The fourth-order valence-electron chi connectivity index (χ4n) is 3.96. The Hall–Kier alpha value is -4.68. The van der Waals surface area contributed by atoms with Crippen LogP contribution in [-0.2, 0) is 27.5 Å². The molecule has 0 atom stereocenters. The van der Waals surface area contributed by atoms with Crippen molar-refractivity contribution in [3.8, 4) is 11.3 Å². The number of rotatable bonds is 5. The molecule has 0 spiro atoms. The van der Waals surface area contributed by atoms with E-state index in [9.17, 15) is 27.6 Å². The Morgan fingerprint density at radius 2 is 1.74 bits per heavy atom. The molecule has 3 aromatic heterocycles. The number of pyridine rings is 1. The molecular formula is C26H24F3N5O5. The van der Waals surface area contributed by atoms with Gasteiger partial charge in [-0.2, -0.15) is 18.3 Å². The van der Waals surface area contributed by atoms with Gasteiger partial charge >= 0.3 is 18.2 Å². The quantitative estimate of drug-likeness (QED) is 0.248. The zero-order chi connectivity index (χ0) is 28.7. The number of hydrogen-bond donors (Lipinski definition) is 0. The first-order chi connectivity index (χ1) is 18.2. The molecule has 0 aliphatic rings. The number of alkyl halides is 3. The summed E-state index contributed by atoms with van der Waals surface area (Å²) in [4.78, 5) is 42.9. The topological polar surface area (TPSA) is 109 Å². The van der Waals surface area contributed by atoms with Crippen molar-refractivity contribution >= 4 is 41.1 Å². The summed E-state index contributed by atoms with van der Waals surface area (Å²) in [6.45, 7) is 4.86. The van der Waals surface area contributed by atoms with Gasteiger partial charge < -0.3 is 9.47 Å². The van der Waals surface area contributed by atoms with Crippen LogP contribution in [0.3, 0.4) is 0 Å². The van der Waals surface area contributed by atoms with Gasteiger partial charge in [0.05, 0.1) is 18.4 Å². The van der Waals surface area contributed by atoms with Gasteiger partial charge in [-0.3, -0.25) is 14.4 Å². The van der Waals surface area contributed by atoms with Gasteiger partial charge in [-0.25, -0.2) is 19.1 Å². The minimum atomic E-state index is -4.70. The van der Waals surface area contributed by atoms with Gasteiger partial charge in [-0.05, 0) is 45.0 Å². The van der Waals surface area contributed by atoms with Crippen LogP contribution in [-0.4, -0.2) is 50.5 Å². The summed E-state index contributed by atoms with van der Waals surface area (Å²) in [7, 11) is 2.68. The highest BCUT2D eigenvalue weighted by Crippen LogP contribution is 2.39. The van der Waals surface area contributed by atoms with Crippen molar-refractivity contribution in [3.63, 3.8) is 0 Å². The van der Waals surface area contributed by atoms with Crippen molar-refractivity contribution in [1.29, 1.82) is 0 Å². The third-order valence-corrected chi connectivity index (χ3v) is 5.57.